The minimum Gasteiger partial charge on any atom is -0.292 e. The number of nitrogens with zero attached hydrogens (tertiary/aromatic N) is 3. The standard InChI is InChI=1S/C13H8BrClFN3/c14-8-1-2-11(9(16)5-8)19-12-3-4-17-7-10(12)18-13(19)6-15/h1-5,7H,6H2. The average molecular weight is 341 g/mol. The van der Waals surface area contributed by atoms with Gasteiger partial charge in [-0.25, -0.2) is 9.37 Å². The first-order chi connectivity index (χ1) is 9.20. The summed E-state index contributed by atoms with van der Waals surface area (Å²) in [6, 6.07) is 6.68. The van der Waals surface area contributed by atoms with Crippen LogP contribution in [-0.2, 0) is 5.88 Å². The average Bonchev–Trinajstić information content (AvgIpc) is 2.77. The number of hydrogen-bond acceptors (Lipinski definition) is 2. The molecule has 0 saturated heterocycles. The van der Waals surface area contributed by atoms with E-state index in [-0.39, 0.29) is 11.7 Å². The van der Waals surface area contributed by atoms with E-state index in [0.29, 0.717) is 21.5 Å². The Balaban J connectivity index is 2.34. The summed E-state index contributed by atoms with van der Waals surface area (Å²) < 4.78 is 16.5. The Morgan fingerprint density at radius 2 is 2.16 bits per heavy atom. The maximum absolute atomic E-state index is 14.1. The molecule has 0 aliphatic rings. The van der Waals surface area contributed by atoms with Crippen molar-refractivity contribution in [1.29, 1.82) is 0 Å². The Kier molecular flexibility index (Phi) is 3.24. The molecule has 0 amide bonds. The number of pyridine rings is 1. The predicted octanol–water partition coefficient (Wildman–Crippen LogP) is 4.06. The van der Waals surface area contributed by atoms with Crippen LogP contribution in [0.5, 0.6) is 0 Å². The fourth-order valence-electron chi connectivity index (χ4n) is 2.00. The minimum absolute atomic E-state index is 0.199. The molecule has 19 heavy (non-hydrogen) atoms. The summed E-state index contributed by atoms with van der Waals surface area (Å²) in [7, 11) is 0. The molecule has 0 aliphatic heterocycles. The van der Waals surface area contributed by atoms with Crippen LogP contribution in [-0.4, -0.2) is 14.5 Å². The number of aromatic nitrogens is 3. The molecule has 2 aromatic heterocycles. The Bertz CT molecular complexity index is 757. The first-order valence-corrected chi connectivity index (χ1v) is 6.86. The minimum atomic E-state index is -0.336. The Morgan fingerprint density at radius 3 is 2.89 bits per heavy atom. The zero-order chi connectivity index (χ0) is 13.4. The lowest BCUT2D eigenvalue weighted by Crippen LogP contribution is -2.02. The van der Waals surface area contributed by atoms with Crippen LogP contribution >= 0.6 is 27.5 Å². The summed E-state index contributed by atoms with van der Waals surface area (Å²) >= 11 is 9.15. The highest BCUT2D eigenvalue weighted by molar-refractivity contribution is 9.10. The molecular formula is C13H8BrClFN3. The smallest absolute Gasteiger partial charge is 0.148 e. The van der Waals surface area contributed by atoms with Crippen LogP contribution in [0.25, 0.3) is 16.7 Å². The number of hydrogen-bond donors (Lipinski definition) is 0. The number of fused-ring (bicyclic) bond motifs is 1. The number of rotatable bonds is 2. The second-order valence-corrected chi connectivity index (χ2v) is 5.14. The van der Waals surface area contributed by atoms with Crippen LogP contribution in [0.3, 0.4) is 0 Å². The highest BCUT2D eigenvalue weighted by Crippen LogP contribution is 2.25. The molecule has 2 heterocycles. The van der Waals surface area contributed by atoms with Crippen molar-refractivity contribution < 1.29 is 4.39 Å². The lowest BCUT2D eigenvalue weighted by atomic mass is 10.3. The summed E-state index contributed by atoms with van der Waals surface area (Å²) in [5, 5.41) is 0. The second-order valence-electron chi connectivity index (χ2n) is 3.96. The van der Waals surface area contributed by atoms with Gasteiger partial charge in [0.05, 0.1) is 23.3 Å². The SMILES string of the molecule is Fc1cc(Br)ccc1-n1c(CCl)nc2cnccc21. The van der Waals surface area contributed by atoms with E-state index in [0.717, 1.165) is 5.52 Å². The molecular weight excluding hydrogens is 333 g/mol. The molecule has 3 aromatic rings. The van der Waals surface area contributed by atoms with E-state index in [1.165, 1.54) is 6.07 Å². The summed E-state index contributed by atoms with van der Waals surface area (Å²) in [4.78, 5) is 8.37. The van der Waals surface area contributed by atoms with Crippen LogP contribution in [0.4, 0.5) is 4.39 Å². The lowest BCUT2D eigenvalue weighted by Gasteiger charge is -2.09. The van der Waals surface area contributed by atoms with Gasteiger partial charge in [0.2, 0.25) is 0 Å². The van der Waals surface area contributed by atoms with Gasteiger partial charge in [-0.05, 0) is 24.3 Å². The van der Waals surface area contributed by atoms with Crippen molar-refractivity contribution in [3.63, 3.8) is 0 Å². The van der Waals surface area contributed by atoms with E-state index in [9.17, 15) is 4.39 Å². The van der Waals surface area contributed by atoms with E-state index < -0.39 is 0 Å². The number of halogens is 3. The molecule has 0 atom stereocenters. The fraction of sp³-hybridized carbons (Fsp3) is 0.0769. The summed E-state index contributed by atoms with van der Waals surface area (Å²) in [6.45, 7) is 0. The molecule has 0 fully saturated rings. The highest BCUT2D eigenvalue weighted by atomic mass is 79.9. The molecule has 0 unspecified atom stereocenters. The third kappa shape index (κ3) is 2.13. The summed E-state index contributed by atoms with van der Waals surface area (Å²) in [5.74, 6) is 0.451. The van der Waals surface area contributed by atoms with Crippen molar-refractivity contribution in [3.8, 4) is 5.69 Å². The Labute approximate surface area is 122 Å². The summed E-state index contributed by atoms with van der Waals surface area (Å²) in [6.07, 6.45) is 3.29. The largest absolute Gasteiger partial charge is 0.292 e. The molecule has 0 N–H and O–H groups in total. The van der Waals surface area contributed by atoms with Crippen LogP contribution in [0.1, 0.15) is 5.82 Å². The molecule has 0 saturated carbocycles. The monoisotopic (exact) mass is 339 g/mol. The Morgan fingerprint density at radius 1 is 1.32 bits per heavy atom. The molecule has 96 valence electrons. The maximum Gasteiger partial charge on any atom is 0.148 e. The second kappa shape index (κ2) is 4.90. The zero-order valence-electron chi connectivity index (χ0n) is 9.65. The molecule has 3 rings (SSSR count). The van der Waals surface area contributed by atoms with Crippen molar-refractivity contribution in [1.82, 2.24) is 14.5 Å². The van der Waals surface area contributed by atoms with Crippen LogP contribution < -0.4 is 0 Å². The van der Waals surface area contributed by atoms with E-state index in [2.05, 4.69) is 25.9 Å². The van der Waals surface area contributed by atoms with Crippen molar-refractivity contribution in [2.24, 2.45) is 0 Å². The topological polar surface area (TPSA) is 30.7 Å². The maximum atomic E-state index is 14.1. The van der Waals surface area contributed by atoms with Crippen LogP contribution in [0, 0.1) is 5.82 Å². The van der Waals surface area contributed by atoms with Crippen molar-refractivity contribution in [2.45, 2.75) is 5.88 Å². The molecule has 0 bridgehead atoms. The van der Waals surface area contributed by atoms with E-state index in [1.807, 2.05) is 0 Å². The normalized spacial score (nSPS) is 11.1. The molecule has 0 radical (unpaired) electrons. The Hall–Kier alpha value is -1.46. The van der Waals surface area contributed by atoms with Crippen LogP contribution in [0.2, 0.25) is 0 Å². The fourth-order valence-corrected chi connectivity index (χ4v) is 2.52. The first-order valence-electron chi connectivity index (χ1n) is 5.53. The first kappa shape index (κ1) is 12.6. The summed E-state index contributed by atoms with van der Waals surface area (Å²) in [5.41, 5.74) is 1.90. The van der Waals surface area contributed by atoms with Crippen molar-refractivity contribution in [2.75, 3.05) is 0 Å². The third-order valence-electron chi connectivity index (χ3n) is 2.80. The van der Waals surface area contributed by atoms with Crippen molar-refractivity contribution in [3.05, 3.63) is 52.8 Å². The van der Waals surface area contributed by atoms with E-state index in [1.54, 1.807) is 35.2 Å². The predicted molar refractivity (Wildman–Crippen MR) is 76.1 cm³/mol. The lowest BCUT2D eigenvalue weighted by molar-refractivity contribution is 0.617. The highest BCUT2D eigenvalue weighted by Gasteiger charge is 2.14. The van der Waals surface area contributed by atoms with Crippen molar-refractivity contribution >= 4 is 38.6 Å². The van der Waals surface area contributed by atoms with Gasteiger partial charge in [0, 0.05) is 10.7 Å². The number of benzene rings is 1. The van der Waals surface area contributed by atoms with Crippen LogP contribution in [0.15, 0.2) is 41.1 Å². The number of alkyl halides is 1. The van der Waals surface area contributed by atoms with E-state index >= 15 is 0 Å². The van der Waals surface area contributed by atoms with Gasteiger partial charge in [0.15, 0.2) is 0 Å². The van der Waals surface area contributed by atoms with Gasteiger partial charge in [-0.1, -0.05) is 15.9 Å². The molecule has 1 aromatic carbocycles. The van der Waals surface area contributed by atoms with E-state index in [4.69, 9.17) is 11.6 Å². The van der Waals surface area contributed by atoms with Gasteiger partial charge >= 0.3 is 0 Å². The third-order valence-corrected chi connectivity index (χ3v) is 3.53. The van der Waals surface area contributed by atoms with Gasteiger partial charge in [-0.15, -0.1) is 11.6 Å². The van der Waals surface area contributed by atoms with Gasteiger partial charge in [-0.2, -0.15) is 0 Å². The van der Waals surface area contributed by atoms with Gasteiger partial charge < -0.3 is 0 Å². The van der Waals surface area contributed by atoms with Gasteiger partial charge in [0.1, 0.15) is 17.2 Å². The quantitative estimate of drug-likeness (QED) is 0.659. The number of imidazole rings is 1. The van der Waals surface area contributed by atoms with Gasteiger partial charge in [-0.3, -0.25) is 9.55 Å². The molecule has 0 aliphatic carbocycles. The van der Waals surface area contributed by atoms with Gasteiger partial charge in [0.25, 0.3) is 0 Å². The molecule has 3 nitrogen and oxygen atoms in total. The zero-order valence-corrected chi connectivity index (χ0v) is 12.0. The molecule has 6 heteroatoms. The molecule has 0 spiro atoms.